The van der Waals surface area contributed by atoms with Crippen molar-refractivity contribution in [2.45, 2.75) is 64.1 Å². The molecule has 184 valence electrons. The Morgan fingerprint density at radius 2 is 2.00 bits per heavy atom. The molecular weight excluding hydrogens is 456 g/mol. The summed E-state index contributed by atoms with van der Waals surface area (Å²) < 4.78 is 7.26. The van der Waals surface area contributed by atoms with Crippen LogP contribution in [0, 0.1) is 17.2 Å². The number of benzene rings is 1. The molecule has 1 aromatic carbocycles. The highest BCUT2D eigenvalue weighted by atomic mass is 16.6. The first-order chi connectivity index (χ1) is 17.1. The van der Waals surface area contributed by atoms with Crippen molar-refractivity contribution in [2.24, 2.45) is 5.92 Å². The van der Waals surface area contributed by atoms with Gasteiger partial charge >= 0.3 is 6.09 Å². The number of nitrogens with zero attached hydrogens (tertiary/aromatic N) is 5. The number of hydrogen-bond acceptors (Lipinski definition) is 7. The van der Waals surface area contributed by atoms with Crippen molar-refractivity contribution < 1.29 is 9.53 Å². The molecule has 2 aromatic heterocycles. The predicted molar refractivity (Wildman–Crippen MR) is 134 cm³/mol. The van der Waals surface area contributed by atoms with Gasteiger partial charge in [0.05, 0.1) is 5.54 Å². The molecule has 0 spiro atoms. The lowest BCUT2D eigenvalue weighted by Gasteiger charge is -2.62. The van der Waals surface area contributed by atoms with Crippen molar-refractivity contribution in [2.75, 3.05) is 11.9 Å². The number of pyridine rings is 1. The van der Waals surface area contributed by atoms with Crippen LogP contribution < -0.4 is 10.9 Å². The molecule has 3 saturated carbocycles. The highest BCUT2D eigenvalue weighted by Gasteiger charge is 2.59. The molecule has 3 fully saturated rings. The largest absolute Gasteiger partial charge is 0.444 e. The molecule has 1 amide bonds. The minimum absolute atomic E-state index is 0.131. The van der Waals surface area contributed by atoms with Gasteiger partial charge in [0, 0.05) is 30.4 Å². The molecule has 3 heterocycles. The van der Waals surface area contributed by atoms with Gasteiger partial charge in [-0.3, -0.25) is 9.36 Å². The molecule has 2 bridgehead atoms. The quantitative estimate of drug-likeness (QED) is 0.592. The average Bonchev–Trinajstić information content (AvgIpc) is 2.77. The van der Waals surface area contributed by atoms with Crippen molar-refractivity contribution >= 4 is 28.8 Å². The van der Waals surface area contributed by atoms with Gasteiger partial charge in [-0.15, -0.1) is 0 Å². The second kappa shape index (κ2) is 7.79. The molecule has 0 saturated heterocycles. The average molecular weight is 485 g/mol. The number of ether oxygens (including phenoxy) is 1. The van der Waals surface area contributed by atoms with Gasteiger partial charge in [-0.1, -0.05) is 6.07 Å². The van der Waals surface area contributed by atoms with E-state index in [0.717, 1.165) is 42.5 Å². The maximum Gasteiger partial charge on any atom is 0.410 e. The zero-order valence-corrected chi connectivity index (χ0v) is 20.7. The second-order valence-electron chi connectivity index (χ2n) is 11.2. The zero-order valence-electron chi connectivity index (χ0n) is 20.7. The van der Waals surface area contributed by atoms with Gasteiger partial charge in [-0.2, -0.15) is 10.2 Å². The highest BCUT2D eigenvalue weighted by Crippen LogP contribution is 2.62. The summed E-state index contributed by atoms with van der Waals surface area (Å²) in [6.45, 7) is 6.70. The normalized spacial score (nSPS) is 22.2. The number of nitrogens with one attached hydrogen (secondary N) is 1. The molecule has 9 heteroatoms. The van der Waals surface area contributed by atoms with Crippen LogP contribution in [-0.4, -0.2) is 37.7 Å². The Bertz CT molecular complexity index is 1500. The fourth-order valence-corrected chi connectivity index (χ4v) is 5.63. The van der Waals surface area contributed by atoms with Gasteiger partial charge in [0.25, 0.3) is 5.56 Å². The van der Waals surface area contributed by atoms with E-state index in [1.807, 2.05) is 39.0 Å². The summed E-state index contributed by atoms with van der Waals surface area (Å²) in [7, 11) is 0. The Morgan fingerprint density at radius 3 is 2.67 bits per heavy atom. The van der Waals surface area contributed by atoms with Crippen molar-refractivity contribution in [1.82, 2.24) is 19.4 Å². The molecular formula is C27H28N6O3. The number of anilines is 2. The second-order valence-corrected chi connectivity index (χ2v) is 11.2. The smallest absolute Gasteiger partial charge is 0.410 e. The van der Waals surface area contributed by atoms with E-state index in [-0.39, 0.29) is 22.8 Å². The lowest BCUT2D eigenvalue weighted by Crippen LogP contribution is -2.62. The van der Waals surface area contributed by atoms with Crippen molar-refractivity contribution in [1.29, 1.82) is 5.26 Å². The first-order valence-corrected chi connectivity index (χ1v) is 12.3. The van der Waals surface area contributed by atoms with E-state index < -0.39 is 5.60 Å². The van der Waals surface area contributed by atoms with E-state index in [0.29, 0.717) is 36.0 Å². The standard InChI is InChI=1S/C27H28N6O3/c1-26(2,3)36-25(35)32-7-6-17-9-21(5-4-18(17)15-32)30-24-29-14-20-8-19(13-28)23(34)33(22(20)31-24)27-10-16(11-27)12-27/h4-5,8-9,14,16H,6-7,10-12,15H2,1-3H3,(H,29,30,31). The Morgan fingerprint density at radius 1 is 1.22 bits per heavy atom. The summed E-state index contributed by atoms with van der Waals surface area (Å²) in [5.41, 5.74) is 2.79. The summed E-state index contributed by atoms with van der Waals surface area (Å²) in [6.07, 6.45) is 5.00. The maximum absolute atomic E-state index is 13.1. The van der Waals surface area contributed by atoms with Gasteiger partial charge < -0.3 is 15.0 Å². The summed E-state index contributed by atoms with van der Waals surface area (Å²) in [4.78, 5) is 36.4. The summed E-state index contributed by atoms with van der Waals surface area (Å²) in [5.74, 6) is 1.08. The summed E-state index contributed by atoms with van der Waals surface area (Å²) >= 11 is 0. The predicted octanol–water partition coefficient (Wildman–Crippen LogP) is 4.21. The minimum atomic E-state index is -0.523. The van der Waals surface area contributed by atoms with E-state index in [4.69, 9.17) is 9.72 Å². The van der Waals surface area contributed by atoms with Crippen LogP contribution >= 0.6 is 0 Å². The summed E-state index contributed by atoms with van der Waals surface area (Å²) in [6, 6.07) is 9.62. The Kier molecular flexibility index (Phi) is 4.87. The fourth-order valence-electron chi connectivity index (χ4n) is 5.63. The van der Waals surface area contributed by atoms with Gasteiger partial charge in [0.15, 0.2) is 0 Å². The van der Waals surface area contributed by atoms with Crippen LogP contribution in [0.15, 0.2) is 35.3 Å². The molecule has 3 aromatic rings. The SMILES string of the molecule is CC(C)(C)OC(=O)N1CCc2cc(Nc3ncc4cc(C#N)c(=O)n(C56CC(C5)C6)c4n3)ccc2C1. The van der Waals surface area contributed by atoms with E-state index in [1.54, 1.807) is 21.7 Å². The maximum atomic E-state index is 13.1. The molecule has 1 aliphatic heterocycles. The number of carbonyl (C=O) groups excluding carboxylic acids is 1. The molecule has 3 aliphatic carbocycles. The van der Waals surface area contributed by atoms with Crippen LogP contribution in [0.25, 0.3) is 11.0 Å². The topological polar surface area (TPSA) is 113 Å². The number of fused-ring (bicyclic) bond motifs is 2. The number of amides is 1. The number of nitriles is 1. The number of carbonyl (C=O) groups is 1. The Hall–Kier alpha value is -3.93. The molecule has 0 unspecified atom stereocenters. The van der Waals surface area contributed by atoms with Gasteiger partial charge in [-0.25, -0.2) is 9.78 Å². The van der Waals surface area contributed by atoms with Crippen LogP contribution in [0.4, 0.5) is 16.4 Å². The third-order valence-electron chi connectivity index (χ3n) is 7.47. The highest BCUT2D eigenvalue weighted by molar-refractivity contribution is 5.78. The van der Waals surface area contributed by atoms with Crippen LogP contribution in [0.2, 0.25) is 0 Å². The number of aromatic nitrogens is 3. The molecule has 36 heavy (non-hydrogen) atoms. The molecule has 0 atom stereocenters. The fraction of sp³-hybridized carbons (Fsp3) is 0.444. The Labute approximate surface area is 208 Å². The van der Waals surface area contributed by atoms with Gasteiger partial charge in [0.1, 0.15) is 22.9 Å². The molecule has 4 aliphatic rings. The van der Waals surface area contributed by atoms with Crippen molar-refractivity contribution in [3.8, 4) is 6.07 Å². The van der Waals surface area contributed by atoms with E-state index in [2.05, 4.69) is 16.4 Å². The Balaban J connectivity index is 1.27. The van der Waals surface area contributed by atoms with Crippen molar-refractivity contribution in [3.63, 3.8) is 0 Å². The first kappa shape index (κ1) is 22.5. The molecule has 1 N–H and O–H groups in total. The van der Waals surface area contributed by atoms with Crippen LogP contribution in [-0.2, 0) is 23.2 Å². The van der Waals surface area contributed by atoms with Crippen LogP contribution in [0.1, 0.15) is 56.7 Å². The summed E-state index contributed by atoms with van der Waals surface area (Å²) in [5, 5.41) is 13.4. The monoisotopic (exact) mass is 484 g/mol. The number of hydrogen-bond donors (Lipinski definition) is 1. The zero-order chi connectivity index (χ0) is 25.2. The third-order valence-corrected chi connectivity index (χ3v) is 7.47. The molecule has 9 nitrogen and oxygen atoms in total. The van der Waals surface area contributed by atoms with Gasteiger partial charge in [0.2, 0.25) is 5.95 Å². The lowest BCUT2D eigenvalue weighted by molar-refractivity contribution is -0.0884. The van der Waals surface area contributed by atoms with Crippen LogP contribution in [0.5, 0.6) is 0 Å². The van der Waals surface area contributed by atoms with E-state index in [1.165, 1.54) is 0 Å². The molecule has 0 radical (unpaired) electrons. The minimum Gasteiger partial charge on any atom is -0.444 e. The molecule has 7 rings (SSSR count). The van der Waals surface area contributed by atoms with E-state index in [9.17, 15) is 14.9 Å². The van der Waals surface area contributed by atoms with E-state index >= 15 is 0 Å². The number of rotatable bonds is 3. The van der Waals surface area contributed by atoms with Crippen molar-refractivity contribution in [3.05, 3.63) is 57.5 Å². The first-order valence-electron chi connectivity index (χ1n) is 12.3. The van der Waals surface area contributed by atoms with Gasteiger partial charge in [-0.05, 0) is 81.7 Å². The van der Waals surface area contributed by atoms with Crippen LogP contribution in [0.3, 0.4) is 0 Å². The third kappa shape index (κ3) is 3.68. The lowest BCUT2D eigenvalue weighted by atomic mass is 9.49.